The summed E-state index contributed by atoms with van der Waals surface area (Å²) in [5, 5.41) is 2.73. The maximum Gasteiger partial charge on any atom is 0.262 e. The van der Waals surface area contributed by atoms with E-state index >= 15 is 0 Å². The van der Waals surface area contributed by atoms with Crippen molar-refractivity contribution in [2.45, 2.75) is 25.4 Å². The molecule has 0 saturated carbocycles. The summed E-state index contributed by atoms with van der Waals surface area (Å²) in [5.41, 5.74) is 1.82. The number of ether oxygens (including phenoxy) is 2. The highest BCUT2D eigenvalue weighted by Crippen LogP contribution is 2.30. The van der Waals surface area contributed by atoms with Gasteiger partial charge in [0, 0.05) is 31.4 Å². The summed E-state index contributed by atoms with van der Waals surface area (Å²) in [4.78, 5) is 26.7. The summed E-state index contributed by atoms with van der Waals surface area (Å²) in [6, 6.07) is 11.3. The van der Waals surface area contributed by atoms with Gasteiger partial charge in [-0.1, -0.05) is 12.1 Å². The van der Waals surface area contributed by atoms with Crippen molar-refractivity contribution in [3.05, 3.63) is 59.4 Å². The van der Waals surface area contributed by atoms with Crippen LogP contribution in [0, 0.1) is 5.82 Å². The number of benzene rings is 2. The van der Waals surface area contributed by atoms with Crippen molar-refractivity contribution in [3.8, 4) is 5.75 Å². The van der Waals surface area contributed by atoms with Crippen LogP contribution in [0.15, 0.2) is 42.5 Å². The van der Waals surface area contributed by atoms with Crippen LogP contribution in [0.1, 0.15) is 28.8 Å². The van der Waals surface area contributed by atoms with Gasteiger partial charge in [0.1, 0.15) is 11.6 Å². The molecule has 0 unspecified atom stereocenters. The molecule has 4 rings (SSSR count). The van der Waals surface area contributed by atoms with Gasteiger partial charge in [-0.2, -0.15) is 0 Å². The molecule has 146 valence electrons. The third kappa shape index (κ3) is 3.99. The lowest BCUT2D eigenvalue weighted by Gasteiger charge is -2.34. The van der Waals surface area contributed by atoms with Crippen LogP contribution < -0.4 is 10.1 Å². The third-order valence-electron chi connectivity index (χ3n) is 5.02. The summed E-state index contributed by atoms with van der Waals surface area (Å²) in [6.45, 7) is 1.56. The molecule has 0 bridgehead atoms. The Morgan fingerprint density at radius 1 is 1.14 bits per heavy atom. The van der Waals surface area contributed by atoms with Crippen molar-refractivity contribution < 1.29 is 23.5 Å². The fraction of sp³-hybridized carbons (Fsp3) is 0.333. The number of nitrogens with zero attached hydrogens (tertiary/aromatic N) is 1. The van der Waals surface area contributed by atoms with Gasteiger partial charge in [0.15, 0.2) is 6.61 Å². The minimum atomic E-state index is -0.307. The van der Waals surface area contributed by atoms with Gasteiger partial charge in [-0.3, -0.25) is 9.59 Å². The fourth-order valence-corrected chi connectivity index (χ4v) is 3.53. The fourth-order valence-electron chi connectivity index (χ4n) is 3.53. The first kappa shape index (κ1) is 18.4. The van der Waals surface area contributed by atoms with Gasteiger partial charge in [0.25, 0.3) is 11.8 Å². The Balaban J connectivity index is 1.61. The first-order valence-corrected chi connectivity index (χ1v) is 9.30. The maximum absolute atomic E-state index is 13.3. The first-order chi connectivity index (χ1) is 13.6. The molecule has 0 aliphatic carbocycles. The minimum Gasteiger partial charge on any atom is -0.482 e. The van der Waals surface area contributed by atoms with Gasteiger partial charge in [-0.15, -0.1) is 0 Å². The number of rotatable bonds is 4. The van der Waals surface area contributed by atoms with Gasteiger partial charge < -0.3 is 19.7 Å². The minimum absolute atomic E-state index is 0.0287. The lowest BCUT2D eigenvalue weighted by molar-refractivity contribution is -0.118. The first-order valence-electron chi connectivity index (χ1n) is 9.30. The third-order valence-corrected chi connectivity index (χ3v) is 5.02. The smallest absolute Gasteiger partial charge is 0.262 e. The highest BCUT2D eigenvalue weighted by Gasteiger charge is 2.28. The van der Waals surface area contributed by atoms with E-state index in [2.05, 4.69) is 5.32 Å². The molecule has 2 aromatic rings. The van der Waals surface area contributed by atoms with Gasteiger partial charge in [-0.05, 0) is 48.7 Å². The number of hydrogen-bond donors (Lipinski definition) is 1. The largest absolute Gasteiger partial charge is 0.482 e. The van der Waals surface area contributed by atoms with Gasteiger partial charge >= 0.3 is 0 Å². The van der Waals surface area contributed by atoms with E-state index in [1.54, 1.807) is 30.3 Å². The predicted octanol–water partition coefficient (Wildman–Crippen LogP) is 2.98. The second kappa shape index (κ2) is 7.98. The van der Waals surface area contributed by atoms with Crippen LogP contribution in [0.4, 0.5) is 10.1 Å². The van der Waals surface area contributed by atoms with Crippen LogP contribution in [0.2, 0.25) is 0 Å². The Bertz CT molecular complexity index is 878. The Kier molecular flexibility index (Phi) is 5.25. The van der Waals surface area contributed by atoms with E-state index in [-0.39, 0.29) is 30.3 Å². The zero-order valence-electron chi connectivity index (χ0n) is 15.3. The van der Waals surface area contributed by atoms with Crippen LogP contribution in [-0.4, -0.2) is 42.6 Å². The molecule has 2 amide bonds. The number of nitrogens with one attached hydrogen (secondary N) is 1. The number of carbonyl (C=O) groups is 2. The van der Waals surface area contributed by atoms with Crippen molar-refractivity contribution in [2.24, 2.45) is 0 Å². The lowest BCUT2D eigenvalue weighted by Crippen LogP contribution is -2.43. The standard InChI is InChI=1S/C21H21FN2O4/c22-16-4-1-14(2-5-16)12-24(17-7-9-27-10-8-17)21(26)15-3-6-19-18(11-15)23-20(25)13-28-19/h1-6,11,17H,7-10,12-13H2,(H,23,25). The molecule has 1 fully saturated rings. The second-order valence-corrected chi connectivity index (χ2v) is 6.95. The molecular weight excluding hydrogens is 363 g/mol. The van der Waals surface area contributed by atoms with Crippen LogP contribution in [-0.2, 0) is 16.1 Å². The molecule has 0 atom stereocenters. The second-order valence-electron chi connectivity index (χ2n) is 6.95. The molecule has 6 nitrogen and oxygen atoms in total. The van der Waals surface area contributed by atoms with Crippen molar-refractivity contribution in [3.63, 3.8) is 0 Å². The number of hydrogen-bond acceptors (Lipinski definition) is 4. The summed E-state index contributed by atoms with van der Waals surface area (Å²) >= 11 is 0. The SMILES string of the molecule is O=C1COc2ccc(C(=O)N(Cc3ccc(F)cc3)C3CCOCC3)cc2N1. The predicted molar refractivity (Wildman–Crippen MR) is 101 cm³/mol. The molecule has 0 radical (unpaired) electrons. The zero-order valence-corrected chi connectivity index (χ0v) is 15.3. The van der Waals surface area contributed by atoms with Crippen LogP contribution >= 0.6 is 0 Å². The summed E-state index contributed by atoms with van der Waals surface area (Å²) in [7, 11) is 0. The normalized spacial score (nSPS) is 16.7. The van der Waals surface area contributed by atoms with Crippen LogP contribution in [0.3, 0.4) is 0 Å². The monoisotopic (exact) mass is 384 g/mol. The molecule has 2 aliphatic heterocycles. The van der Waals surface area contributed by atoms with Crippen molar-refractivity contribution in [1.82, 2.24) is 4.90 Å². The average molecular weight is 384 g/mol. The van der Waals surface area contributed by atoms with E-state index in [1.165, 1.54) is 12.1 Å². The Hall–Kier alpha value is -2.93. The molecule has 2 heterocycles. The molecular formula is C21H21FN2O4. The molecule has 7 heteroatoms. The Morgan fingerprint density at radius 3 is 2.64 bits per heavy atom. The van der Waals surface area contributed by atoms with Crippen LogP contribution in [0.25, 0.3) is 0 Å². The highest BCUT2D eigenvalue weighted by molar-refractivity contribution is 6.00. The van der Waals surface area contributed by atoms with Crippen molar-refractivity contribution in [1.29, 1.82) is 0 Å². The molecule has 0 spiro atoms. The summed E-state index contributed by atoms with van der Waals surface area (Å²) in [6.07, 6.45) is 1.50. The van der Waals surface area contributed by atoms with Crippen molar-refractivity contribution in [2.75, 3.05) is 25.1 Å². The van der Waals surface area contributed by atoms with Gasteiger partial charge in [0.05, 0.1) is 5.69 Å². The summed E-state index contributed by atoms with van der Waals surface area (Å²) in [5.74, 6) is -0.144. The quantitative estimate of drug-likeness (QED) is 0.880. The number of carbonyl (C=O) groups excluding carboxylic acids is 2. The summed E-state index contributed by atoms with van der Waals surface area (Å²) < 4.78 is 24.1. The number of anilines is 1. The molecule has 1 saturated heterocycles. The number of fused-ring (bicyclic) bond motifs is 1. The molecule has 1 N–H and O–H groups in total. The van der Waals surface area contributed by atoms with E-state index < -0.39 is 0 Å². The zero-order chi connectivity index (χ0) is 19.5. The van der Waals surface area contributed by atoms with Crippen LogP contribution in [0.5, 0.6) is 5.75 Å². The van der Waals surface area contributed by atoms with E-state index in [4.69, 9.17) is 9.47 Å². The maximum atomic E-state index is 13.3. The Morgan fingerprint density at radius 2 is 1.89 bits per heavy atom. The van der Waals surface area contributed by atoms with Crippen molar-refractivity contribution >= 4 is 17.5 Å². The lowest BCUT2D eigenvalue weighted by atomic mass is 10.0. The van der Waals surface area contributed by atoms with E-state index in [0.717, 1.165) is 18.4 Å². The number of amides is 2. The molecule has 0 aromatic heterocycles. The topological polar surface area (TPSA) is 67.9 Å². The molecule has 28 heavy (non-hydrogen) atoms. The average Bonchev–Trinajstić information content (AvgIpc) is 2.73. The van der Waals surface area contributed by atoms with Gasteiger partial charge in [0.2, 0.25) is 0 Å². The molecule has 2 aromatic carbocycles. The van der Waals surface area contributed by atoms with Gasteiger partial charge in [-0.25, -0.2) is 4.39 Å². The van der Waals surface area contributed by atoms with E-state index in [1.807, 2.05) is 4.90 Å². The number of halogens is 1. The van der Waals surface area contributed by atoms with E-state index in [0.29, 0.717) is 36.8 Å². The molecule has 2 aliphatic rings. The van der Waals surface area contributed by atoms with E-state index in [9.17, 15) is 14.0 Å². The highest BCUT2D eigenvalue weighted by atomic mass is 19.1. The Labute approximate surface area is 162 Å².